The molecule has 0 spiro atoms. The van der Waals surface area contributed by atoms with Crippen LogP contribution in [0.5, 0.6) is 11.5 Å². The molecule has 2 atom stereocenters. The van der Waals surface area contributed by atoms with Crippen LogP contribution in [0.25, 0.3) is 0 Å². The summed E-state index contributed by atoms with van der Waals surface area (Å²) >= 11 is 0. The van der Waals surface area contributed by atoms with Gasteiger partial charge in [-0.25, -0.2) is 9.97 Å². The number of anilines is 4. The van der Waals surface area contributed by atoms with Crippen LogP contribution in [0.3, 0.4) is 0 Å². The second-order valence-corrected chi connectivity index (χ2v) is 9.60. The van der Waals surface area contributed by atoms with Gasteiger partial charge in [-0.2, -0.15) is 0 Å². The molecule has 0 aliphatic carbocycles. The van der Waals surface area contributed by atoms with Gasteiger partial charge in [0, 0.05) is 19.6 Å². The van der Waals surface area contributed by atoms with E-state index in [9.17, 15) is 9.90 Å². The highest BCUT2D eigenvalue weighted by atomic mass is 16.5. The Bertz CT molecular complexity index is 1240. The van der Waals surface area contributed by atoms with Gasteiger partial charge in [-0.3, -0.25) is 9.78 Å². The zero-order valence-electron chi connectivity index (χ0n) is 21.6. The summed E-state index contributed by atoms with van der Waals surface area (Å²) in [6.07, 6.45) is 6.94. The third kappa shape index (κ3) is 6.24. The first-order chi connectivity index (χ1) is 18.6. The third-order valence-electron chi connectivity index (χ3n) is 6.85. The number of nitrogens with zero attached hydrogens (tertiary/aromatic N) is 5. The van der Waals surface area contributed by atoms with Crippen LogP contribution in [0.4, 0.5) is 23.3 Å². The second-order valence-electron chi connectivity index (χ2n) is 9.60. The maximum atomic E-state index is 11.5. The van der Waals surface area contributed by atoms with Crippen molar-refractivity contribution in [3.8, 4) is 11.5 Å². The number of pyridine rings is 1. The van der Waals surface area contributed by atoms with Gasteiger partial charge in [-0.15, -0.1) is 0 Å². The van der Waals surface area contributed by atoms with Gasteiger partial charge in [-0.05, 0) is 56.9 Å². The van der Waals surface area contributed by atoms with Crippen molar-refractivity contribution in [1.82, 2.24) is 15.0 Å². The molecule has 0 bridgehead atoms. The van der Waals surface area contributed by atoms with Crippen molar-refractivity contribution in [2.24, 2.45) is 5.92 Å². The molecule has 3 aromatic rings. The van der Waals surface area contributed by atoms with Crippen molar-refractivity contribution in [2.45, 2.75) is 38.7 Å². The summed E-state index contributed by atoms with van der Waals surface area (Å²) in [7, 11) is 0. The number of hydrogen-bond donors (Lipinski definition) is 2. The Morgan fingerprint density at radius 1 is 0.947 bits per heavy atom. The molecule has 0 saturated carbocycles. The fraction of sp³-hybridized carbons (Fsp3) is 0.429. The predicted molar refractivity (Wildman–Crippen MR) is 146 cm³/mol. The number of ether oxygens (including phenoxy) is 2. The Morgan fingerprint density at radius 3 is 2.53 bits per heavy atom. The number of piperidine rings is 2. The topological polar surface area (TPSA) is 113 Å². The average molecular weight is 519 g/mol. The summed E-state index contributed by atoms with van der Waals surface area (Å²) in [6, 6.07) is 13.5. The van der Waals surface area contributed by atoms with Crippen molar-refractivity contribution in [2.75, 3.05) is 47.9 Å². The molecule has 2 aliphatic heterocycles. The Labute approximate surface area is 222 Å². The molecule has 4 heterocycles. The first-order valence-electron chi connectivity index (χ1n) is 13.3. The number of carboxylic acids is 1. The molecule has 2 fully saturated rings. The zero-order valence-corrected chi connectivity index (χ0v) is 21.6. The Kier molecular flexibility index (Phi) is 8.06. The standard InChI is InChI=1S/C28H34N6O4/c1-2-37-22-10-3-4-11-23(22)38-21-9-7-15-34(19-21)27-17-29-16-25(32-27)30-24-12-5-13-26(31-24)33-14-6-8-20(18-33)28(35)36/h3-5,10-13,16-17,20-21H,2,6-9,14-15,18-19H2,1H3,(H,35,36)(H,30,31,32)/t20-,21-/m1/s1. The molecular formula is C28H34N6O4. The van der Waals surface area contributed by atoms with Crippen molar-refractivity contribution >= 4 is 29.2 Å². The highest BCUT2D eigenvalue weighted by Gasteiger charge is 2.26. The lowest BCUT2D eigenvalue weighted by atomic mass is 9.98. The Morgan fingerprint density at radius 2 is 1.71 bits per heavy atom. The van der Waals surface area contributed by atoms with E-state index in [1.807, 2.05) is 54.3 Å². The smallest absolute Gasteiger partial charge is 0.308 e. The van der Waals surface area contributed by atoms with E-state index in [4.69, 9.17) is 19.4 Å². The van der Waals surface area contributed by atoms with Crippen molar-refractivity contribution < 1.29 is 19.4 Å². The van der Waals surface area contributed by atoms with Crippen LogP contribution < -0.4 is 24.6 Å². The molecule has 2 N–H and O–H groups in total. The summed E-state index contributed by atoms with van der Waals surface area (Å²) in [5.41, 5.74) is 0. The lowest BCUT2D eigenvalue weighted by Crippen LogP contribution is -2.41. The van der Waals surface area contributed by atoms with E-state index in [1.54, 1.807) is 12.4 Å². The van der Waals surface area contributed by atoms with Crippen LogP contribution in [-0.4, -0.2) is 64.9 Å². The van der Waals surface area contributed by atoms with Crippen molar-refractivity contribution in [3.05, 3.63) is 54.9 Å². The van der Waals surface area contributed by atoms with E-state index in [0.717, 1.165) is 55.5 Å². The molecular weight excluding hydrogens is 484 g/mol. The molecule has 1 aromatic carbocycles. The Hall–Kier alpha value is -4.08. The molecule has 2 aliphatic rings. The monoisotopic (exact) mass is 518 g/mol. The number of para-hydroxylation sites is 2. The summed E-state index contributed by atoms with van der Waals surface area (Å²) in [6.45, 7) is 5.39. The molecule has 38 heavy (non-hydrogen) atoms. The molecule has 5 rings (SSSR count). The summed E-state index contributed by atoms with van der Waals surface area (Å²) in [5.74, 6) is 3.17. The molecule has 0 radical (unpaired) electrons. The number of benzene rings is 1. The number of rotatable bonds is 9. The van der Waals surface area contributed by atoms with Gasteiger partial charge in [0.15, 0.2) is 17.3 Å². The molecule has 2 aromatic heterocycles. The van der Waals surface area contributed by atoms with Gasteiger partial charge in [0.2, 0.25) is 0 Å². The first-order valence-corrected chi connectivity index (χ1v) is 13.3. The minimum atomic E-state index is -0.750. The Balaban J connectivity index is 1.24. The summed E-state index contributed by atoms with van der Waals surface area (Å²) < 4.78 is 12.0. The maximum absolute atomic E-state index is 11.5. The molecule has 200 valence electrons. The number of nitrogens with one attached hydrogen (secondary N) is 1. The number of aliphatic carboxylic acids is 1. The van der Waals surface area contributed by atoms with E-state index in [-0.39, 0.29) is 12.0 Å². The van der Waals surface area contributed by atoms with Gasteiger partial charge in [0.25, 0.3) is 0 Å². The van der Waals surface area contributed by atoms with E-state index in [0.29, 0.717) is 37.8 Å². The summed E-state index contributed by atoms with van der Waals surface area (Å²) in [5, 5.41) is 12.7. The number of carboxylic acid groups (broad SMARTS) is 1. The number of hydrogen-bond acceptors (Lipinski definition) is 9. The van der Waals surface area contributed by atoms with Crippen molar-refractivity contribution in [1.29, 1.82) is 0 Å². The van der Waals surface area contributed by atoms with Crippen LogP contribution in [0, 0.1) is 5.92 Å². The van der Waals surface area contributed by atoms with E-state index in [1.165, 1.54) is 0 Å². The highest BCUT2D eigenvalue weighted by molar-refractivity contribution is 5.71. The van der Waals surface area contributed by atoms with Gasteiger partial charge in [-0.1, -0.05) is 18.2 Å². The van der Waals surface area contributed by atoms with Crippen LogP contribution in [0.15, 0.2) is 54.9 Å². The molecule has 0 amide bonds. The average Bonchev–Trinajstić information content (AvgIpc) is 2.95. The number of carbonyl (C=O) groups is 1. The normalized spacial score (nSPS) is 19.6. The lowest BCUT2D eigenvalue weighted by molar-refractivity contribution is -0.141. The van der Waals surface area contributed by atoms with Gasteiger partial charge >= 0.3 is 5.97 Å². The minimum absolute atomic E-state index is 0.0151. The first kappa shape index (κ1) is 25.6. The van der Waals surface area contributed by atoms with Gasteiger partial charge in [0.1, 0.15) is 23.6 Å². The quantitative estimate of drug-likeness (QED) is 0.423. The maximum Gasteiger partial charge on any atom is 0.308 e. The largest absolute Gasteiger partial charge is 0.490 e. The van der Waals surface area contributed by atoms with Crippen molar-refractivity contribution in [3.63, 3.8) is 0 Å². The molecule has 2 saturated heterocycles. The van der Waals surface area contributed by atoms with Gasteiger partial charge < -0.3 is 29.7 Å². The second kappa shape index (κ2) is 12.0. The SMILES string of the molecule is CCOc1ccccc1O[C@@H]1CCCN(c2cncc(Nc3cccc(N4CCC[C@@H](C(=O)O)C4)n3)n2)C1. The fourth-order valence-electron chi connectivity index (χ4n) is 5.00. The minimum Gasteiger partial charge on any atom is -0.490 e. The zero-order chi connectivity index (χ0) is 26.3. The van der Waals surface area contributed by atoms with Crippen LogP contribution in [-0.2, 0) is 4.79 Å². The van der Waals surface area contributed by atoms with E-state index >= 15 is 0 Å². The molecule has 10 nitrogen and oxygen atoms in total. The van der Waals surface area contributed by atoms with Crippen LogP contribution in [0.1, 0.15) is 32.6 Å². The lowest BCUT2D eigenvalue weighted by Gasteiger charge is -2.33. The van der Waals surface area contributed by atoms with E-state index < -0.39 is 5.97 Å². The fourth-order valence-corrected chi connectivity index (χ4v) is 5.00. The summed E-state index contributed by atoms with van der Waals surface area (Å²) in [4.78, 5) is 29.6. The highest BCUT2D eigenvalue weighted by Crippen LogP contribution is 2.30. The molecule has 10 heteroatoms. The molecule has 0 unspecified atom stereocenters. The number of aromatic nitrogens is 3. The third-order valence-corrected chi connectivity index (χ3v) is 6.85. The van der Waals surface area contributed by atoms with Crippen LogP contribution in [0.2, 0.25) is 0 Å². The van der Waals surface area contributed by atoms with Crippen LogP contribution >= 0.6 is 0 Å². The van der Waals surface area contributed by atoms with E-state index in [2.05, 4.69) is 15.2 Å². The predicted octanol–water partition coefficient (Wildman–Crippen LogP) is 4.36. The van der Waals surface area contributed by atoms with Gasteiger partial charge in [0.05, 0.1) is 31.5 Å².